The van der Waals surface area contributed by atoms with Crippen LogP contribution in [0.25, 0.3) is 11.1 Å². The van der Waals surface area contributed by atoms with Gasteiger partial charge in [0.25, 0.3) is 0 Å². The summed E-state index contributed by atoms with van der Waals surface area (Å²) in [6.45, 7) is 0. The van der Waals surface area contributed by atoms with Crippen molar-refractivity contribution >= 4 is 5.97 Å². The van der Waals surface area contributed by atoms with Crippen molar-refractivity contribution in [2.24, 2.45) is 0 Å². The van der Waals surface area contributed by atoms with Crippen molar-refractivity contribution < 1.29 is 14.6 Å². The molecule has 0 radical (unpaired) electrons. The Labute approximate surface area is 105 Å². The number of ether oxygens (including phenoxy) is 1. The second kappa shape index (κ2) is 5.31. The Bertz CT molecular complexity index is 549. The summed E-state index contributed by atoms with van der Waals surface area (Å²) in [5.41, 5.74) is 2.57. The Kier molecular flexibility index (Phi) is 3.57. The van der Waals surface area contributed by atoms with E-state index in [1.165, 1.54) is 7.11 Å². The molecule has 1 heterocycles. The summed E-state index contributed by atoms with van der Waals surface area (Å²) in [5, 5.41) is 9.24. The fourth-order valence-corrected chi connectivity index (χ4v) is 1.63. The highest BCUT2D eigenvalue weighted by Gasteiger charge is 2.05. The maximum atomic E-state index is 11.2. The first-order chi connectivity index (χ1) is 8.69. The van der Waals surface area contributed by atoms with Crippen molar-refractivity contribution in [1.82, 2.24) is 4.98 Å². The maximum absolute atomic E-state index is 11.2. The van der Waals surface area contributed by atoms with E-state index >= 15 is 0 Å². The quantitative estimate of drug-likeness (QED) is 0.839. The molecule has 0 spiro atoms. The molecule has 1 aromatic carbocycles. The van der Waals surface area contributed by atoms with Crippen molar-refractivity contribution in [3.63, 3.8) is 0 Å². The third-order valence-corrected chi connectivity index (χ3v) is 2.57. The number of carbonyl (C=O) groups is 1. The lowest BCUT2D eigenvalue weighted by molar-refractivity contribution is -0.139. The number of benzene rings is 1. The molecule has 0 atom stereocenters. The van der Waals surface area contributed by atoms with E-state index in [2.05, 4.69) is 9.72 Å². The van der Waals surface area contributed by atoms with Gasteiger partial charge in [-0.2, -0.15) is 0 Å². The number of methoxy groups -OCH3 is 1. The molecular formula is C14H13NO3. The van der Waals surface area contributed by atoms with E-state index in [0.29, 0.717) is 5.69 Å². The molecule has 0 aliphatic rings. The number of phenols is 1. The number of carbonyl (C=O) groups excluding carboxylic acids is 1. The number of aromatic hydroxyl groups is 1. The zero-order valence-electron chi connectivity index (χ0n) is 9.96. The molecule has 0 saturated heterocycles. The zero-order chi connectivity index (χ0) is 13.0. The first kappa shape index (κ1) is 12.1. The van der Waals surface area contributed by atoms with E-state index in [-0.39, 0.29) is 18.1 Å². The number of nitrogens with zero attached hydrogens (tertiary/aromatic N) is 1. The van der Waals surface area contributed by atoms with Crippen molar-refractivity contribution in [3.05, 3.63) is 48.3 Å². The highest BCUT2D eigenvalue weighted by molar-refractivity contribution is 5.73. The molecule has 2 aromatic rings. The molecule has 0 amide bonds. The van der Waals surface area contributed by atoms with Crippen molar-refractivity contribution in [1.29, 1.82) is 0 Å². The van der Waals surface area contributed by atoms with Crippen molar-refractivity contribution in [2.75, 3.05) is 7.11 Å². The molecule has 2 rings (SSSR count). The summed E-state index contributed by atoms with van der Waals surface area (Å²) in [7, 11) is 1.35. The van der Waals surface area contributed by atoms with Crippen LogP contribution in [0.5, 0.6) is 5.75 Å². The second-order valence-electron chi connectivity index (χ2n) is 3.84. The van der Waals surface area contributed by atoms with Gasteiger partial charge in [-0.1, -0.05) is 12.1 Å². The highest BCUT2D eigenvalue weighted by Crippen LogP contribution is 2.22. The topological polar surface area (TPSA) is 59.4 Å². The Morgan fingerprint density at radius 3 is 2.61 bits per heavy atom. The van der Waals surface area contributed by atoms with Crippen molar-refractivity contribution in [3.8, 4) is 16.9 Å². The lowest BCUT2D eigenvalue weighted by atomic mass is 10.1. The van der Waals surface area contributed by atoms with Gasteiger partial charge in [0.1, 0.15) is 5.75 Å². The number of hydrogen-bond acceptors (Lipinski definition) is 4. The average molecular weight is 243 g/mol. The monoisotopic (exact) mass is 243 g/mol. The Morgan fingerprint density at radius 1 is 1.22 bits per heavy atom. The molecule has 0 bridgehead atoms. The van der Waals surface area contributed by atoms with Crippen LogP contribution in [0.4, 0.5) is 0 Å². The molecule has 0 unspecified atom stereocenters. The number of esters is 1. The lowest BCUT2D eigenvalue weighted by Gasteiger charge is -2.04. The molecule has 18 heavy (non-hydrogen) atoms. The van der Waals surface area contributed by atoms with Crippen LogP contribution in [0.3, 0.4) is 0 Å². The minimum absolute atomic E-state index is 0.155. The van der Waals surface area contributed by atoms with E-state index in [4.69, 9.17) is 0 Å². The predicted molar refractivity (Wildman–Crippen MR) is 67.1 cm³/mol. The minimum Gasteiger partial charge on any atom is -0.508 e. The van der Waals surface area contributed by atoms with Gasteiger partial charge in [-0.3, -0.25) is 9.78 Å². The number of aromatic nitrogens is 1. The number of rotatable bonds is 3. The van der Waals surface area contributed by atoms with Gasteiger partial charge in [0, 0.05) is 6.20 Å². The van der Waals surface area contributed by atoms with E-state index in [0.717, 1.165) is 11.1 Å². The minimum atomic E-state index is -0.314. The van der Waals surface area contributed by atoms with Crippen LogP contribution in [0.15, 0.2) is 42.6 Å². The van der Waals surface area contributed by atoms with Crippen LogP contribution in [0, 0.1) is 0 Å². The van der Waals surface area contributed by atoms with Gasteiger partial charge in [0.15, 0.2) is 0 Å². The summed E-state index contributed by atoms with van der Waals surface area (Å²) >= 11 is 0. The number of phenolic OH excluding ortho intramolecular Hbond substituents is 1. The maximum Gasteiger partial charge on any atom is 0.311 e. The number of pyridine rings is 1. The molecule has 0 aliphatic heterocycles. The molecule has 4 nitrogen and oxygen atoms in total. The van der Waals surface area contributed by atoms with Gasteiger partial charge >= 0.3 is 5.97 Å². The molecule has 0 fully saturated rings. The van der Waals surface area contributed by atoms with Gasteiger partial charge < -0.3 is 9.84 Å². The van der Waals surface area contributed by atoms with E-state index in [1.54, 1.807) is 18.3 Å². The molecule has 1 aromatic heterocycles. The molecule has 4 heteroatoms. The summed E-state index contributed by atoms with van der Waals surface area (Å²) in [6.07, 6.45) is 1.81. The first-order valence-electron chi connectivity index (χ1n) is 5.50. The summed E-state index contributed by atoms with van der Waals surface area (Å²) in [4.78, 5) is 15.3. The molecule has 1 N–H and O–H groups in total. The van der Waals surface area contributed by atoms with Gasteiger partial charge in [-0.05, 0) is 35.4 Å². The smallest absolute Gasteiger partial charge is 0.311 e. The fourth-order valence-electron chi connectivity index (χ4n) is 1.63. The third kappa shape index (κ3) is 2.85. The third-order valence-electron chi connectivity index (χ3n) is 2.57. The molecular weight excluding hydrogens is 230 g/mol. The van der Waals surface area contributed by atoms with Gasteiger partial charge in [0.2, 0.25) is 0 Å². The van der Waals surface area contributed by atoms with E-state index < -0.39 is 0 Å². The normalized spacial score (nSPS) is 10.1. The summed E-state index contributed by atoms with van der Waals surface area (Å²) < 4.78 is 4.60. The van der Waals surface area contributed by atoms with Crippen LogP contribution in [-0.2, 0) is 16.0 Å². The van der Waals surface area contributed by atoms with E-state index in [9.17, 15) is 9.90 Å². The first-order valence-corrected chi connectivity index (χ1v) is 5.50. The highest BCUT2D eigenvalue weighted by atomic mass is 16.5. The van der Waals surface area contributed by atoms with Crippen LogP contribution in [0.2, 0.25) is 0 Å². The standard InChI is InChI=1S/C14H13NO3/c1-18-14(17)9-12-8-11(6-7-15-12)10-2-4-13(16)5-3-10/h2-8,16H,9H2,1H3. The van der Waals surface area contributed by atoms with E-state index in [1.807, 2.05) is 24.3 Å². The van der Waals surface area contributed by atoms with Crippen molar-refractivity contribution in [2.45, 2.75) is 6.42 Å². The Hall–Kier alpha value is -2.36. The predicted octanol–water partition coefficient (Wildman–Crippen LogP) is 2.17. The van der Waals surface area contributed by atoms with Gasteiger partial charge in [0.05, 0.1) is 19.2 Å². The SMILES string of the molecule is COC(=O)Cc1cc(-c2ccc(O)cc2)ccn1. The van der Waals surface area contributed by atoms with Crippen LogP contribution >= 0.6 is 0 Å². The Morgan fingerprint density at radius 2 is 1.94 bits per heavy atom. The van der Waals surface area contributed by atoms with Crippen LogP contribution in [-0.4, -0.2) is 23.2 Å². The van der Waals surface area contributed by atoms with Gasteiger partial charge in [-0.25, -0.2) is 0 Å². The Balaban J connectivity index is 2.26. The summed E-state index contributed by atoms with van der Waals surface area (Å²) in [5.74, 6) is -0.0899. The zero-order valence-corrected chi connectivity index (χ0v) is 9.96. The fraction of sp³-hybridized carbons (Fsp3) is 0.143. The second-order valence-corrected chi connectivity index (χ2v) is 3.84. The number of hydrogen-bond donors (Lipinski definition) is 1. The largest absolute Gasteiger partial charge is 0.508 e. The molecule has 92 valence electrons. The van der Waals surface area contributed by atoms with Gasteiger partial charge in [-0.15, -0.1) is 0 Å². The molecule has 0 saturated carbocycles. The average Bonchev–Trinajstić information content (AvgIpc) is 2.40. The van der Waals surface area contributed by atoms with Crippen LogP contribution in [0.1, 0.15) is 5.69 Å². The lowest BCUT2D eigenvalue weighted by Crippen LogP contribution is -2.05. The van der Waals surface area contributed by atoms with Crippen LogP contribution < -0.4 is 0 Å². The summed E-state index contributed by atoms with van der Waals surface area (Å²) in [6, 6.07) is 10.6. The molecule has 0 aliphatic carbocycles.